The molecule has 2 fully saturated rings. The molecule has 102 valence electrons. The highest BCUT2D eigenvalue weighted by atomic mass is 16.2. The SMILES string of the molecule is CC1CN2CCCC2CN1C(=O)c1ccc(N)nc1. The number of amides is 1. The monoisotopic (exact) mass is 260 g/mol. The first-order chi connectivity index (χ1) is 9.15. The van der Waals surface area contributed by atoms with Gasteiger partial charge < -0.3 is 10.6 Å². The fraction of sp³-hybridized carbons (Fsp3) is 0.571. The summed E-state index contributed by atoms with van der Waals surface area (Å²) >= 11 is 0. The predicted molar refractivity (Wildman–Crippen MR) is 73.7 cm³/mol. The lowest BCUT2D eigenvalue weighted by Gasteiger charge is -2.42. The highest BCUT2D eigenvalue weighted by Gasteiger charge is 2.36. The van der Waals surface area contributed by atoms with Crippen molar-refractivity contribution in [2.75, 3.05) is 25.4 Å². The number of pyridine rings is 1. The lowest BCUT2D eigenvalue weighted by atomic mass is 10.1. The minimum absolute atomic E-state index is 0.0755. The molecule has 2 N–H and O–H groups in total. The maximum Gasteiger partial charge on any atom is 0.255 e. The Bertz CT molecular complexity index is 473. The Morgan fingerprint density at radius 1 is 1.42 bits per heavy atom. The Labute approximate surface area is 113 Å². The zero-order valence-electron chi connectivity index (χ0n) is 11.2. The number of piperazine rings is 1. The van der Waals surface area contributed by atoms with Gasteiger partial charge in [0.15, 0.2) is 0 Å². The van der Waals surface area contributed by atoms with Gasteiger partial charge in [-0.3, -0.25) is 9.69 Å². The van der Waals surface area contributed by atoms with E-state index in [2.05, 4.69) is 16.8 Å². The van der Waals surface area contributed by atoms with Crippen LogP contribution in [0.15, 0.2) is 18.3 Å². The summed E-state index contributed by atoms with van der Waals surface area (Å²) in [7, 11) is 0. The van der Waals surface area contributed by atoms with Crippen LogP contribution < -0.4 is 5.73 Å². The number of nitrogens with zero attached hydrogens (tertiary/aromatic N) is 3. The number of nitrogen functional groups attached to an aromatic ring is 1. The Morgan fingerprint density at radius 3 is 3.00 bits per heavy atom. The standard InChI is InChI=1S/C14H20N4O/c1-10-8-17-6-2-3-12(17)9-18(10)14(19)11-4-5-13(15)16-7-11/h4-5,7,10,12H,2-3,6,8-9H2,1H3,(H2,15,16). The number of fused-ring (bicyclic) bond motifs is 1. The quantitative estimate of drug-likeness (QED) is 0.817. The molecule has 1 amide bonds. The molecule has 0 bridgehead atoms. The van der Waals surface area contributed by atoms with Crippen LogP contribution in [0.2, 0.25) is 0 Å². The van der Waals surface area contributed by atoms with E-state index in [9.17, 15) is 4.79 Å². The molecule has 0 saturated carbocycles. The number of nitrogens with two attached hydrogens (primary N) is 1. The van der Waals surface area contributed by atoms with E-state index >= 15 is 0 Å². The number of hydrogen-bond donors (Lipinski definition) is 1. The smallest absolute Gasteiger partial charge is 0.255 e. The van der Waals surface area contributed by atoms with E-state index in [1.165, 1.54) is 19.4 Å². The molecule has 5 heteroatoms. The summed E-state index contributed by atoms with van der Waals surface area (Å²) in [6.45, 7) is 5.13. The van der Waals surface area contributed by atoms with Gasteiger partial charge in [0.05, 0.1) is 5.56 Å². The number of aromatic nitrogens is 1. The van der Waals surface area contributed by atoms with Crippen molar-refractivity contribution < 1.29 is 4.79 Å². The normalized spacial score (nSPS) is 27.3. The average molecular weight is 260 g/mol. The molecule has 2 saturated heterocycles. The maximum atomic E-state index is 12.5. The summed E-state index contributed by atoms with van der Waals surface area (Å²) in [5.74, 6) is 0.525. The van der Waals surface area contributed by atoms with E-state index < -0.39 is 0 Å². The van der Waals surface area contributed by atoms with Crippen molar-refractivity contribution >= 4 is 11.7 Å². The molecule has 2 unspecified atom stereocenters. The van der Waals surface area contributed by atoms with Crippen molar-refractivity contribution in [1.29, 1.82) is 0 Å². The van der Waals surface area contributed by atoms with Crippen molar-refractivity contribution in [2.24, 2.45) is 0 Å². The van der Waals surface area contributed by atoms with E-state index in [-0.39, 0.29) is 11.9 Å². The minimum atomic E-state index is 0.0755. The number of carbonyl (C=O) groups excluding carboxylic acids is 1. The summed E-state index contributed by atoms with van der Waals surface area (Å²) in [6, 6.07) is 4.25. The third-order valence-electron chi connectivity index (χ3n) is 4.23. The highest BCUT2D eigenvalue weighted by molar-refractivity contribution is 5.94. The second kappa shape index (κ2) is 4.81. The van der Waals surface area contributed by atoms with Crippen LogP contribution >= 0.6 is 0 Å². The van der Waals surface area contributed by atoms with Gasteiger partial charge in [0.1, 0.15) is 5.82 Å². The van der Waals surface area contributed by atoms with Crippen LogP contribution in [0.4, 0.5) is 5.82 Å². The maximum absolute atomic E-state index is 12.5. The van der Waals surface area contributed by atoms with Gasteiger partial charge in [-0.15, -0.1) is 0 Å². The number of hydrogen-bond acceptors (Lipinski definition) is 4. The van der Waals surface area contributed by atoms with Gasteiger partial charge in [-0.25, -0.2) is 4.98 Å². The minimum Gasteiger partial charge on any atom is -0.384 e. The fourth-order valence-electron chi connectivity index (χ4n) is 3.17. The van der Waals surface area contributed by atoms with Crippen molar-refractivity contribution in [3.63, 3.8) is 0 Å². The molecular formula is C14H20N4O. The van der Waals surface area contributed by atoms with Crippen LogP contribution in [-0.4, -0.2) is 52.4 Å². The molecule has 19 heavy (non-hydrogen) atoms. The van der Waals surface area contributed by atoms with Gasteiger partial charge in [0.2, 0.25) is 0 Å². The topological polar surface area (TPSA) is 62.5 Å². The zero-order valence-corrected chi connectivity index (χ0v) is 11.2. The Balaban J connectivity index is 1.77. The Hall–Kier alpha value is -1.62. The summed E-state index contributed by atoms with van der Waals surface area (Å²) in [5, 5.41) is 0. The molecule has 2 aliphatic rings. The van der Waals surface area contributed by atoms with Crippen LogP contribution in [0.1, 0.15) is 30.1 Å². The van der Waals surface area contributed by atoms with Gasteiger partial charge in [0.25, 0.3) is 5.91 Å². The second-order valence-electron chi connectivity index (χ2n) is 5.57. The molecule has 3 rings (SSSR count). The van der Waals surface area contributed by atoms with E-state index in [1.54, 1.807) is 18.3 Å². The molecular weight excluding hydrogens is 240 g/mol. The molecule has 3 heterocycles. The summed E-state index contributed by atoms with van der Waals surface area (Å²) in [6.07, 6.45) is 4.03. The van der Waals surface area contributed by atoms with Crippen molar-refractivity contribution in [1.82, 2.24) is 14.8 Å². The first kappa shape index (κ1) is 12.4. The highest BCUT2D eigenvalue weighted by Crippen LogP contribution is 2.25. The van der Waals surface area contributed by atoms with E-state index in [4.69, 9.17) is 5.73 Å². The van der Waals surface area contributed by atoms with E-state index in [0.29, 0.717) is 17.4 Å². The molecule has 0 spiro atoms. The lowest BCUT2D eigenvalue weighted by Crippen LogP contribution is -2.56. The van der Waals surface area contributed by atoms with Crippen LogP contribution in [0.3, 0.4) is 0 Å². The van der Waals surface area contributed by atoms with Gasteiger partial charge >= 0.3 is 0 Å². The largest absolute Gasteiger partial charge is 0.384 e. The average Bonchev–Trinajstić information content (AvgIpc) is 2.85. The zero-order chi connectivity index (χ0) is 13.4. The van der Waals surface area contributed by atoms with E-state index in [0.717, 1.165) is 13.1 Å². The van der Waals surface area contributed by atoms with Crippen LogP contribution in [0.25, 0.3) is 0 Å². The fourth-order valence-corrected chi connectivity index (χ4v) is 3.17. The summed E-state index contributed by atoms with van der Waals surface area (Å²) in [5.41, 5.74) is 6.19. The number of rotatable bonds is 1. The molecule has 2 aliphatic heterocycles. The molecule has 0 aromatic carbocycles. The van der Waals surface area contributed by atoms with E-state index in [1.807, 2.05) is 4.90 Å². The number of anilines is 1. The van der Waals surface area contributed by atoms with Crippen molar-refractivity contribution in [2.45, 2.75) is 31.8 Å². The second-order valence-corrected chi connectivity index (χ2v) is 5.57. The van der Waals surface area contributed by atoms with Crippen molar-refractivity contribution in [3.05, 3.63) is 23.9 Å². The molecule has 1 aromatic rings. The van der Waals surface area contributed by atoms with Gasteiger partial charge in [-0.1, -0.05) is 0 Å². The Morgan fingerprint density at radius 2 is 2.26 bits per heavy atom. The Kier molecular flexibility index (Phi) is 3.14. The molecule has 2 atom stereocenters. The van der Waals surface area contributed by atoms with Gasteiger partial charge in [-0.05, 0) is 38.4 Å². The van der Waals surface area contributed by atoms with Gasteiger partial charge in [0, 0.05) is 31.4 Å². The predicted octanol–water partition coefficient (Wildman–Crippen LogP) is 0.972. The van der Waals surface area contributed by atoms with Crippen LogP contribution in [0.5, 0.6) is 0 Å². The number of carbonyl (C=O) groups is 1. The summed E-state index contributed by atoms with van der Waals surface area (Å²) < 4.78 is 0. The third-order valence-corrected chi connectivity index (χ3v) is 4.23. The molecule has 1 aromatic heterocycles. The van der Waals surface area contributed by atoms with Gasteiger partial charge in [-0.2, -0.15) is 0 Å². The third kappa shape index (κ3) is 2.30. The van der Waals surface area contributed by atoms with Crippen LogP contribution in [0, 0.1) is 0 Å². The molecule has 0 aliphatic carbocycles. The first-order valence-electron chi connectivity index (χ1n) is 6.91. The first-order valence-corrected chi connectivity index (χ1v) is 6.91. The van der Waals surface area contributed by atoms with Crippen molar-refractivity contribution in [3.8, 4) is 0 Å². The molecule has 0 radical (unpaired) electrons. The van der Waals surface area contributed by atoms with Crippen LogP contribution in [-0.2, 0) is 0 Å². The lowest BCUT2D eigenvalue weighted by molar-refractivity contribution is 0.0395. The molecule has 5 nitrogen and oxygen atoms in total. The summed E-state index contributed by atoms with van der Waals surface area (Å²) in [4.78, 5) is 21.0.